The highest BCUT2D eigenvalue weighted by Crippen LogP contribution is 2.40. The first-order chi connectivity index (χ1) is 11.3. The molecule has 10 heteroatoms. The molecule has 2 aromatic heterocycles. The minimum atomic E-state index is -1.71. The Balaban J connectivity index is 2.23. The first-order valence-corrected chi connectivity index (χ1v) is 7.32. The van der Waals surface area contributed by atoms with E-state index < -0.39 is 36.6 Å². The van der Waals surface area contributed by atoms with Gasteiger partial charge in [0.25, 0.3) is 5.91 Å². The monoisotopic (exact) mass is 337 g/mol. The van der Waals surface area contributed by atoms with Gasteiger partial charge in [0.05, 0.1) is 17.6 Å². The van der Waals surface area contributed by atoms with Crippen LogP contribution in [0.3, 0.4) is 0 Å². The standard InChI is InChI=1S/C14H19N5O5/c1-14(23)9(21)7(4-20)24-13(14)19-3-6(10(15)22)8-11(16-2)17-5-18-12(8)19/h3,5,7,9,13,20-21,23H,4H2,1-2H3,(H2,15,22)(H,16,17,18)/t7-,9-,13-,14-/m1/s1. The Morgan fingerprint density at radius 3 is 2.79 bits per heavy atom. The molecule has 3 rings (SSSR count). The fourth-order valence-electron chi connectivity index (χ4n) is 3.03. The second-order valence-corrected chi connectivity index (χ2v) is 5.87. The third-order valence-corrected chi connectivity index (χ3v) is 4.30. The van der Waals surface area contributed by atoms with Crippen molar-refractivity contribution in [2.75, 3.05) is 19.0 Å². The van der Waals surface area contributed by atoms with E-state index in [0.29, 0.717) is 16.9 Å². The number of aliphatic hydroxyl groups is 3. The lowest BCUT2D eigenvalue weighted by molar-refractivity contribution is -0.0948. The number of rotatable bonds is 4. The molecule has 1 amide bonds. The number of nitrogens with zero attached hydrogens (tertiary/aromatic N) is 3. The number of aromatic nitrogens is 3. The van der Waals surface area contributed by atoms with Crippen molar-refractivity contribution in [1.29, 1.82) is 0 Å². The number of nitrogens with one attached hydrogen (secondary N) is 1. The van der Waals surface area contributed by atoms with E-state index in [1.165, 1.54) is 24.0 Å². The zero-order chi connectivity index (χ0) is 17.6. The highest BCUT2D eigenvalue weighted by atomic mass is 16.6. The third kappa shape index (κ3) is 2.23. The van der Waals surface area contributed by atoms with Crippen molar-refractivity contribution >= 4 is 22.8 Å². The Hall–Kier alpha value is -2.27. The van der Waals surface area contributed by atoms with E-state index in [0.717, 1.165) is 0 Å². The lowest BCUT2D eigenvalue weighted by atomic mass is 9.96. The van der Waals surface area contributed by atoms with Crippen LogP contribution in [0.25, 0.3) is 11.0 Å². The van der Waals surface area contributed by atoms with Crippen molar-refractivity contribution in [2.24, 2.45) is 5.73 Å². The summed E-state index contributed by atoms with van der Waals surface area (Å²) >= 11 is 0. The van der Waals surface area contributed by atoms with Crippen molar-refractivity contribution in [3.8, 4) is 0 Å². The van der Waals surface area contributed by atoms with Crippen molar-refractivity contribution < 1.29 is 24.9 Å². The normalized spacial score (nSPS) is 30.0. The van der Waals surface area contributed by atoms with E-state index in [9.17, 15) is 20.1 Å². The highest BCUT2D eigenvalue weighted by molar-refractivity contribution is 6.09. The van der Waals surface area contributed by atoms with Crippen molar-refractivity contribution in [1.82, 2.24) is 14.5 Å². The van der Waals surface area contributed by atoms with Crippen LogP contribution < -0.4 is 11.1 Å². The maximum Gasteiger partial charge on any atom is 0.251 e. The molecule has 0 spiro atoms. The summed E-state index contributed by atoms with van der Waals surface area (Å²) in [5.74, 6) is -0.300. The topological polar surface area (TPSA) is 156 Å². The number of anilines is 1. The van der Waals surface area contributed by atoms with Gasteiger partial charge in [0.1, 0.15) is 35.6 Å². The van der Waals surface area contributed by atoms with Crippen LogP contribution in [0.1, 0.15) is 23.5 Å². The lowest BCUT2D eigenvalue weighted by Gasteiger charge is -2.27. The van der Waals surface area contributed by atoms with E-state index in [1.807, 2.05) is 0 Å². The SMILES string of the molecule is CNc1ncnc2c1c(C(N)=O)cn2[C@@H]1O[C@H](CO)[C@@H](O)[C@@]1(C)O. The molecule has 1 saturated heterocycles. The molecule has 1 aliphatic rings. The number of carbonyl (C=O) groups excluding carboxylic acids is 1. The summed E-state index contributed by atoms with van der Waals surface area (Å²) in [4.78, 5) is 20.0. The van der Waals surface area contributed by atoms with Crippen molar-refractivity contribution in [3.05, 3.63) is 18.1 Å². The highest BCUT2D eigenvalue weighted by Gasteiger charge is 2.53. The average molecular weight is 337 g/mol. The van der Waals surface area contributed by atoms with Gasteiger partial charge in [-0.3, -0.25) is 4.79 Å². The maximum atomic E-state index is 11.8. The fourth-order valence-corrected chi connectivity index (χ4v) is 3.03. The predicted molar refractivity (Wildman–Crippen MR) is 83.2 cm³/mol. The van der Waals surface area contributed by atoms with Gasteiger partial charge < -0.3 is 35.7 Å². The van der Waals surface area contributed by atoms with Gasteiger partial charge in [-0.15, -0.1) is 0 Å². The zero-order valence-corrected chi connectivity index (χ0v) is 13.2. The van der Waals surface area contributed by atoms with Gasteiger partial charge in [-0.2, -0.15) is 0 Å². The minimum absolute atomic E-state index is 0.149. The van der Waals surface area contributed by atoms with Gasteiger partial charge in [0.15, 0.2) is 6.23 Å². The average Bonchev–Trinajstić information content (AvgIpc) is 3.04. The molecule has 0 bridgehead atoms. The number of nitrogens with two attached hydrogens (primary N) is 1. The molecule has 1 aliphatic heterocycles. The predicted octanol–water partition coefficient (Wildman–Crippen LogP) is -1.43. The van der Waals surface area contributed by atoms with Crippen LogP contribution >= 0.6 is 0 Å². The minimum Gasteiger partial charge on any atom is -0.394 e. The van der Waals surface area contributed by atoms with Gasteiger partial charge in [0, 0.05) is 13.2 Å². The molecule has 0 radical (unpaired) electrons. The summed E-state index contributed by atoms with van der Waals surface area (Å²) in [7, 11) is 1.64. The number of carbonyl (C=O) groups is 1. The summed E-state index contributed by atoms with van der Waals surface area (Å²) in [5, 5.41) is 33.3. The maximum absolute atomic E-state index is 11.8. The first kappa shape index (κ1) is 16.6. The number of primary amides is 1. The quantitative estimate of drug-likeness (QED) is 0.455. The number of ether oxygens (including phenoxy) is 1. The summed E-state index contributed by atoms with van der Waals surface area (Å²) in [6, 6.07) is 0. The molecule has 24 heavy (non-hydrogen) atoms. The first-order valence-electron chi connectivity index (χ1n) is 7.32. The molecular weight excluding hydrogens is 318 g/mol. The molecule has 2 aromatic rings. The van der Waals surface area contributed by atoms with E-state index >= 15 is 0 Å². The third-order valence-electron chi connectivity index (χ3n) is 4.30. The van der Waals surface area contributed by atoms with Crippen molar-refractivity contribution in [2.45, 2.75) is 31.0 Å². The molecule has 6 N–H and O–H groups in total. The van der Waals surface area contributed by atoms with Crippen LogP contribution in [0, 0.1) is 0 Å². The Morgan fingerprint density at radius 2 is 2.25 bits per heavy atom. The second-order valence-electron chi connectivity index (χ2n) is 5.87. The summed E-state index contributed by atoms with van der Waals surface area (Å²) in [5.41, 5.74) is 4.18. The zero-order valence-electron chi connectivity index (χ0n) is 13.2. The second kappa shape index (κ2) is 5.67. The Morgan fingerprint density at radius 1 is 1.54 bits per heavy atom. The number of hydrogen-bond donors (Lipinski definition) is 5. The van der Waals surface area contributed by atoms with Gasteiger partial charge in [0.2, 0.25) is 0 Å². The lowest BCUT2D eigenvalue weighted by Crippen LogP contribution is -2.44. The molecule has 130 valence electrons. The number of aliphatic hydroxyl groups excluding tert-OH is 2. The summed E-state index contributed by atoms with van der Waals surface area (Å²) in [6.45, 7) is 0.917. The van der Waals surface area contributed by atoms with Crippen LogP contribution in [-0.2, 0) is 4.74 Å². The van der Waals surface area contributed by atoms with E-state index in [4.69, 9.17) is 10.5 Å². The number of fused-ring (bicyclic) bond motifs is 1. The van der Waals surface area contributed by atoms with E-state index in [-0.39, 0.29) is 5.56 Å². The van der Waals surface area contributed by atoms with Crippen LogP contribution in [0.15, 0.2) is 12.5 Å². The number of hydrogen-bond acceptors (Lipinski definition) is 8. The largest absolute Gasteiger partial charge is 0.394 e. The van der Waals surface area contributed by atoms with Gasteiger partial charge >= 0.3 is 0 Å². The molecule has 0 unspecified atom stereocenters. The molecule has 0 saturated carbocycles. The molecule has 1 fully saturated rings. The van der Waals surface area contributed by atoms with E-state index in [2.05, 4.69) is 15.3 Å². The van der Waals surface area contributed by atoms with Crippen LogP contribution in [0.4, 0.5) is 5.82 Å². The van der Waals surface area contributed by atoms with Crippen LogP contribution in [-0.4, -0.2) is 67.2 Å². The van der Waals surface area contributed by atoms with Gasteiger partial charge in [-0.05, 0) is 6.92 Å². The molecule has 10 nitrogen and oxygen atoms in total. The smallest absolute Gasteiger partial charge is 0.251 e. The number of amides is 1. The van der Waals surface area contributed by atoms with E-state index in [1.54, 1.807) is 7.05 Å². The Bertz CT molecular complexity index is 789. The molecule has 4 atom stereocenters. The molecule has 0 aromatic carbocycles. The molecule has 3 heterocycles. The van der Waals surface area contributed by atoms with Crippen LogP contribution in [0.5, 0.6) is 0 Å². The fraction of sp³-hybridized carbons (Fsp3) is 0.500. The summed E-state index contributed by atoms with van der Waals surface area (Å²) in [6.07, 6.45) is -0.662. The van der Waals surface area contributed by atoms with Crippen LogP contribution in [0.2, 0.25) is 0 Å². The molecular formula is C14H19N5O5. The summed E-state index contributed by atoms with van der Waals surface area (Å²) < 4.78 is 6.99. The Kier molecular flexibility index (Phi) is 3.92. The molecule has 0 aliphatic carbocycles. The van der Waals surface area contributed by atoms with Gasteiger partial charge in [-0.25, -0.2) is 9.97 Å². The van der Waals surface area contributed by atoms with Crippen molar-refractivity contribution in [3.63, 3.8) is 0 Å². The Labute approximate surface area is 136 Å². The van der Waals surface area contributed by atoms with Gasteiger partial charge in [-0.1, -0.05) is 0 Å².